The average Bonchev–Trinajstić information content (AvgIpc) is 2.99. The van der Waals surface area contributed by atoms with Crippen LogP contribution in [-0.4, -0.2) is 43.4 Å². The quantitative estimate of drug-likeness (QED) is 0.895. The van der Waals surface area contributed by atoms with Gasteiger partial charge in [-0.2, -0.15) is 0 Å². The number of aromatic nitrogens is 1. The topological polar surface area (TPSA) is 79.4 Å². The molecule has 0 aliphatic carbocycles. The van der Waals surface area contributed by atoms with Crippen molar-refractivity contribution in [3.8, 4) is 0 Å². The van der Waals surface area contributed by atoms with E-state index in [0.29, 0.717) is 18.7 Å². The van der Waals surface area contributed by atoms with Crippen molar-refractivity contribution in [2.45, 2.75) is 25.3 Å². The zero-order valence-corrected chi connectivity index (χ0v) is 15.2. The van der Waals surface area contributed by atoms with E-state index in [1.165, 1.54) is 5.56 Å². The van der Waals surface area contributed by atoms with Crippen LogP contribution in [0.3, 0.4) is 0 Å². The van der Waals surface area contributed by atoms with Gasteiger partial charge in [0.2, 0.25) is 0 Å². The number of carbonyl (C=O) groups excluding carboxylic acids is 1. The molecule has 1 N–H and O–H groups in total. The molecule has 1 atom stereocenters. The molecule has 1 saturated heterocycles. The molecular weight excluding hydrogens is 350 g/mol. The lowest BCUT2D eigenvalue weighted by atomic mass is 10.0. The zero-order chi connectivity index (χ0) is 18.1. The summed E-state index contributed by atoms with van der Waals surface area (Å²) in [6.07, 6.45) is 4.09. The Bertz CT molecular complexity index is 943. The maximum absolute atomic E-state index is 13.0. The predicted molar refractivity (Wildman–Crippen MR) is 101 cm³/mol. The van der Waals surface area contributed by atoms with E-state index < -0.39 is 9.84 Å². The molecule has 7 heteroatoms. The maximum atomic E-state index is 13.0. The standard InChI is InChI=1S/C19H21N3O3S/c23-19(22-10-3-5-14-4-1-2-6-18(14)22)17-12-15(7-9-20-17)21-16-8-11-26(24,25)13-16/h1-2,4,6-7,9,12,16H,3,5,8,10-11,13H2,(H,20,21). The third-order valence-electron chi connectivity index (χ3n) is 4.94. The van der Waals surface area contributed by atoms with Gasteiger partial charge in [0.15, 0.2) is 9.84 Å². The monoisotopic (exact) mass is 371 g/mol. The second-order valence-corrected chi connectivity index (χ2v) is 9.09. The molecule has 2 aromatic rings. The zero-order valence-electron chi connectivity index (χ0n) is 14.4. The molecule has 0 radical (unpaired) electrons. The summed E-state index contributed by atoms with van der Waals surface area (Å²) in [5.74, 6) is 0.226. The van der Waals surface area contributed by atoms with E-state index in [9.17, 15) is 13.2 Å². The second-order valence-electron chi connectivity index (χ2n) is 6.86. The van der Waals surface area contributed by atoms with Gasteiger partial charge in [0.1, 0.15) is 5.69 Å². The number of nitrogens with one attached hydrogen (secondary N) is 1. The number of benzene rings is 1. The molecule has 0 spiro atoms. The number of aryl methyl sites for hydroxylation is 1. The Morgan fingerprint density at radius 3 is 2.88 bits per heavy atom. The molecule has 26 heavy (non-hydrogen) atoms. The summed E-state index contributed by atoms with van der Waals surface area (Å²) in [7, 11) is -2.95. The second kappa shape index (κ2) is 6.72. The first-order chi connectivity index (χ1) is 12.5. The third kappa shape index (κ3) is 3.44. The van der Waals surface area contributed by atoms with Crippen molar-refractivity contribution < 1.29 is 13.2 Å². The lowest BCUT2D eigenvalue weighted by Gasteiger charge is -2.29. The van der Waals surface area contributed by atoms with Crippen LogP contribution in [0.4, 0.5) is 11.4 Å². The van der Waals surface area contributed by atoms with Crippen LogP contribution >= 0.6 is 0 Å². The molecule has 6 nitrogen and oxygen atoms in total. The van der Waals surface area contributed by atoms with Crippen LogP contribution in [0, 0.1) is 0 Å². The van der Waals surface area contributed by atoms with Gasteiger partial charge in [0.25, 0.3) is 5.91 Å². The number of anilines is 2. The molecule has 1 aromatic carbocycles. The number of rotatable bonds is 3. The van der Waals surface area contributed by atoms with Crippen LogP contribution in [0.1, 0.15) is 28.9 Å². The van der Waals surface area contributed by atoms with E-state index in [1.807, 2.05) is 18.2 Å². The molecule has 4 rings (SSSR count). The third-order valence-corrected chi connectivity index (χ3v) is 6.71. The number of hydrogen-bond donors (Lipinski definition) is 1. The number of hydrogen-bond acceptors (Lipinski definition) is 5. The number of sulfone groups is 1. The number of amides is 1. The van der Waals surface area contributed by atoms with Crippen LogP contribution in [-0.2, 0) is 16.3 Å². The van der Waals surface area contributed by atoms with Crippen LogP contribution in [0.25, 0.3) is 0 Å². The van der Waals surface area contributed by atoms with Crippen molar-refractivity contribution in [2.24, 2.45) is 0 Å². The van der Waals surface area contributed by atoms with Gasteiger partial charge in [0, 0.05) is 30.2 Å². The van der Waals surface area contributed by atoms with Gasteiger partial charge in [-0.15, -0.1) is 0 Å². The Morgan fingerprint density at radius 1 is 1.23 bits per heavy atom. The fourth-order valence-electron chi connectivity index (χ4n) is 3.66. The van der Waals surface area contributed by atoms with Crippen molar-refractivity contribution in [3.63, 3.8) is 0 Å². The highest BCUT2D eigenvalue weighted by Gasteiger charge is 2.28. The van der Waals surface area contributed by atoms with Crippen LogP contribution < -0.4 is 10.2 Å². The number of pyridine rings is 1. The van der Waals surface area contributed by atoms with Crippen molar-refractivity contribution >= 4 is 27.1 Å². The Morgan fingerprint density at radius 2 is 2.08 bits per heavy atom. The van der Waals surface area contributed by atoms with E-state index in [1.54, 1.807) is 23.2 Å². The summed E-state index contributed by atoms with van der Waals surface area (Å²) in [6.45, 7) is 0.677. The first-order valence-electron chi connectivity index (χ1n) is 8.85. The lowest BCUT2D eigenvalue weighted by molar-refractivity contribution is 0.0980. The average molecular weight is 371 g/mol. The highest BCUT2D eigenvalue weighted by Crippen LogP contribution is 2.28. The Hall–Kier alpha value is -2.41. The van der Waals surface area contributed by atoms with E-state index in [-0.39, 0.29) is 23.5 Å². The van der Waals surface area contributed by atoms with Gasteiger partial charge in [-0.1, -0.05) is 18.2 Å². The highest BCUT2D eigenvalue weighted by molar-refractivity contribution is 7.91. The first-order valence-corrected chi connectivity index (χ1v) is 10.7. The van der Waals surface area contributed by atoms with Gasteiger partial charge < -0.3 is 10.2 Å². The molecule has 0 saturated carbocycles. The molecule has 1 aromatic heterocycles. The molecule has 1 unspecified atom stereocenters. The van der Waals surface area contributed by atoms with E-state index in [2.05, 4.69) is 16.4 Å². The largest absolute Gasteiger partial charge is 0.381 e. The minimum atomic E-state index is -2.95. The SMILES string of the molecule is O=C(c1cc(NC2CCS(=O)(=O)C2)ccn1)N1CCCc2ccccc21. The van der Waals surface area contributed by atoms with Gasteiger partial charge in [0.05, 0.1) is 11.5 Å². The highest BCUT2D eigenvalue weighted by atomic mass is 32.2. The first kappa shape index (κ1) is 17.0. The minimum absolute atomic E-state index is 0.110. The van der Waals surface area contributed by atoms with Gasteiger partial charge in [-0.25, -0.2) is 8.42 Å². The molecule has 1 amide bonds. The lowest BCUT2D eigenvalue weighted by Crippen LogP contribution is -2.36. The van der Waals surface area contributed by atoms with Crippen LogP contribution in [0.2, 0.25) is 0 Å². The number of para-hydroxylation sites is 1. The molecule has 136 valence electrons. The molecular formula is C19H21N3O3S. The number of carbonyl (C=O) groups is 1. The summed E-state index contributed by atoms with van der Waals surface area (Å²) in [4.78, 5) is 19.0. The molecule has 0 bridgehead atoms. The molecule has 3 heterocycles. The number of nitrogens with zero attached hydrogens (tertiary/aromatic N) is 2. The van der Waals surface area contributed by atoms with Crippen molar-refractivity contribution in [1.29, 1.82) is 0 Å². The summed E-state index contributed by atoms with van der Waals surface area (Å²) in [6, 6.07) is 11.3. The maximum Gasteiger partial charge on any atom is 0.276 e. The fourth-order valence-corrected chi connectivity index (χ4v) is 5.34. The summed E-state index contributed by atoms with van der Waals surface area (Å²) in [5, 5.41) is 3.22. The van der Waals surface area contributed by atoms with Crippen LogP contribution in [0.15, 0.2) is 42.6 Å². The smallest absolute Gasteiger partial charge is 0.276 e. The van der Waals surface area contributed by atoms with E-state index >= 15 is 0 Å². The fraction of sp³-hybridized carbons (Fsp3) is 0.368. The van der Waals surface area contributed by atoms with Crippen molar-refractivity contribution in [2.75, 3.05) is 28.3 Å². The number of fused-ring (bicyclic) bond motifs is 1. The normalized spacial score (nSPS) is 21.2. The molecule has 2 aliphatic heterocycles. The van der Waals surface area contributed by atoms with Crippen LogP contribution in [0.5, 0.6) is 0 Å². The van der Waals surface area contributed by atoms with Gasteiger partial charge in [-0.3, -0.25) is 9.78 Å². The van der Waals surface area contributed by atoms with Gasteiger partial charge >= 0.3 is 0 Å². The predicted octanol–water partition coefficient (Wildman–Crippen LogP) is 2.27. The Kier molecular flexibility index (Phi) is 4.40. The van der Waals surface area contributed by atoms with Crippen molar-refractivity contribution in [1.82, 2.24) is 4.98 Å². The van der Waals surface area contributed by atoms with E-state index in [4.69, 9.17) is 0 Å². The Labute approximate surface area is 153 Å². The Balaban J connectivity index is 1.54. The van der Waals surface area contributed by atoms with Crippen molar-refractivity contribution in [3.05, 3.63) is 53.9 Å². The summed E-state index contributed by atoms with van der Waals surface area (Å²) < 4.78 is 23.2. The molecule has 1 fully saturated rings. The minimum Gasteiger partial charge on any atom is -0.381 e. The van der Waals surface area contributed by atoms with Gasteiger partial charge in [-0.05, 0) is 43.0 Å². The van der Waals surface area contributed by atoms with E-state index in [0.717, 1.165) is 24.2 Å². The summed E-state index contributed by atoms with van der Waals surface area (Å²) in [5.41, 5.74) is 3.23. The summed E-state index contributed by atoms with van der Waals surface area (Å²) >= 11 is 0. The molecule has 2 aliphatic rings.